The van der Waals surface area contributed by atoms with Crippen LogP contribution in [0.4, 0.5) is 5.69 Å². The van der Waals surface area contributed by atoms with Gasteiger partial charge in [-0.25, -0.2) is 0 Å². The number of nitrogens with one attached hydrogen (secondary N) is 1. The minimum absolute atomic E-state index is 0.157. The Kier molecular flexibility index (Phi) is 6.15. The Balaban J connectivity index is 2.14. The molecule has 1 N–H and O–H groups in total. The Morgan fingerprint density at radius 3 is 2.27 bits per heavy atom. The minimum Gasteiger partial charge on any atom is -0.497 e. The smallest absolute Gasteiger partial charge is 0.278 e. The summed E-state index contributed by atoms with van der Waals surface area (Å²) in [5.74, 6) is 0.686. The SMILES string of the molecule is COc1ccc(OC)c(NC2=C(c3ccc(C)c(C)c3)C(=O)N(CC(C)C)C2=O)c1. The molecule has 1 aliphatic heterocycles. The van der Waals surface area contributed by atoms with Crippen molar-refractivity contribution >= 4 is 23.1 Å². The largest absolute Gasteiger partial charge is 0.497 e. The monoisotopic (exact) mass is 408 g/mol. The van der Waals surface area contributed by atoms with Gasteiger partial charge in [0.1, 0.15) is 17.2 Å². The van der Waals surface area contributed by atoms with Gasteiger partial charge < -0.3 is 14.8 Å². The van der Waals surface area contributed by atoms with Crippen molar-refractivity contribution in [3.8, 4) is 11.5 Å². The molecule has 0 radical (unpaired) electrons. The maximum atomic E-state index is 13.3. The Labute approximate surface area is 177 Å². The van der Waals surface area contributed by atoms with E-state index < -0.39 is 0 Å². The number of anilines is 1. The number of aryl methyl sites for hydroxylation is 2. The van der Waals surface area contributed by atoms with Crippen molar-refractivity contribution in [1.29, 1.82) is 0 Å². The van der Waals surface area contributed by atoms with Gasteiger partial charge in [0.2, 0.25) is 0 Å². The molecule has 0 bridgehead atoms. The molecule has 2 amide bonds. The predicted molar refractivity (Wildman–Crippen MR) is 118 cm³/mol. The molecule has 1 heterocycles. The highest BCUT2D eigenvalue weighted by atomic mass is 16.5. The number of ether oxygens (including phenoxy) is 2. The summed E-state index contributed by atoms with van der Waals surface area (Å²) >= 11 is 0. The minimum atomic E-state index is -0.341. The molecule has 1 aliphatic rings. The van der Waals surface area contributed by atoms with E-state index >= 15 is 0 Å². The first-order chi connectivity index (χ1) is 14.3. The molecule has 0 saturated carbocycles. The topological polar surface area (TPSA) is 67.9 Å². The first-order valence-electron chi connectivity index (χ1n) is 9.94. The van der Waals surface area contributed by atoms with Gasteiger partial charge in [0.05, 0.1) is 25.5 Å². The zero-order valence-electron chi connectivity index (χ0n) is 18.3. The molecule has 0 spiro atoms. The van der Waals surface area contributed by atoms with E-state index in [1.807, 2.05) is 45.9 Å². The summed E-state index contributed by atoms with van der Waals surface area (Å²) in [6.45, 7) is 8.32. The number of imide groups is 1. The van der Waals surface area contributed by atoms with Gasteiger partial charge in [-0.05, 0) is 48.6 Å². The van der Waals surface area contributed by atoms with Crippen molar-refractivity contribution in [2.75, 3.05) is 26.1 Å². The number of methoxy groups -OCH3 is 2. The van der Waals surface area contributed by atoms with Crippen molar-refractivity contribution in [3.05, 3.63) is 58.8 Å². The summed E-state index contributed by atoms with van der Waals surface area (Å²) in [7, 11) is 3.12. The Morgan fingerprint density at radius 1 is 0.933 bits per heavy atom. The third kappa shape index (κ3) is 4.03. The van der Waals surface area contributed by atoms with Gasteiger partial charge in [0, 0.05) is 12.6 Å². The summed E-state index contributed by atoms with van der Waals surface area (Å²) < 4.78 is 10.7. The van der Waals surface area contributed by atoms with Crippen LogP contribution in [0.25, 0.3) is 5.57 Å². The van der Waals surface area contributed by atoms with E-state index in [2.05, 4.69) is 5.32 Å². The predicted octanol–water partition coefficient (Wildman–Crippen LogP) is 4.17. The van der Waals surface area contributed by atoms with Crippen LogP contribution in [0.3, 0.4) is 0 Å². The van der Waals surface area contributed by atoms with Gasteiger partial charge in [-0.3, -0.25) is 14.5 Å². The first-order valence-corrected chi connectivity index (χ1v) is 9.94. The maximum Gasteiger partial charge on any atom is 0.278 e. The summed E-state index contributed by atoms with van der Waals surface area (Å²) in [4.78, 5) is 27.8. The lowest BCUT2D eigenvalue weighted by Gasteiger charge is -2.18. The lowest BCUT2D eigenvalue weighted by Crippen LogP contribution is -2.35. The van der Waals surface area contributed by atoms with E-state index in [0.717, 1.165) is 11.1 Å². The van der Waals surface area contributed by atoms with Crippen molar-refractivity contribution in [1.82, 2.24) is 4.90 Å². The lowest BCUT2D eigenvalue weighted by molar-refractivity contribution is -0.137. The zero-order chi connectivity index (χ0) is 22.0. The molecule has 158 valence electrons. The highest BCUT2D eigenvalue weighted by Crippen LogP contribution is 2.35. The standard InChI is InChI=1S/C24H28N2O4/c1-14(2)13-26-23(27)21(17-8-7-15(3)16(4)11-17)22(24(26)28)25-19-12-18(29-5)9-10-20(19)30-6/h7-12,14,25H,13H2,1-6H3. The van der Waals surface area contributed by atoms with E-state index in [1.54, 1.807) is 32.4 Å². The molecule has 0 saturated heterocycles. The van der Waals surface area contributed by atoms with Gasteiger partial charge in [-0.15, -0.1) is 0 Å². The first kappa shape index (κ1) is 21.4. The van der Waals surface area contributed by atoms with Gasteiger partial charge in [-0.2, -0.15) is 0 Å². The average molecular weight is 408 g/mol. The summed E-state index contributed by atoms with van der Waals surface area (Å²) in [6.07, 6.45) is 0. The molecular weight excluding hydrogens is 380 g/mol. The zero-order valence-corrected chi connectivity index (χ0v) is 18.3. The fourth-order valence-electron chi connectivity index (χ4n) is 3.43. The third-order valence-corrected chi connectivity index (χ3v) is 5.18. The van der Waals surface area contributed by atoms with Crippen molar-refractivity contribution < 1.29 is 19.1 Å². The average Bonchev–Trinajstić information content (AvgIpc) is 2.94. The number of carbonyl (C=O) groups excluding carboxylic acids is 2. The van der Waals surface area contributed by atoms with Crippen LogP contribution in [0, 0.1) is 19.8 Å². The highest BCUT2D eigenvalue weighted by molar-refractivity contribution is 6.36. The molecule has 0 unspecified atom stereocenters. The van der Waals surface area contributed by atoms with E-state index in [4.69, 9.17) is 9.47 Å². The number of benzene rings is 2. The van der Waals surface area contributed by atoms with Gasteiger partial charge >= 0.3 is 0 Å². The molecule has 3 rings (SSSR count). The van der Waals surface area contributed by atoms with E-state index in [-0.39, 0.29) is 23.4 Å². The summed E-state index contributed by atoms with van der Waals surface area (Å²) in [5, 5.41) is 3.16. The molecule has 0 aliphatic carbocycles. The van der Waals surface area contributed by atoms with E-state index in [0.29, 0.717) is 34.9 Å². The van der Waals surface area contributed by atoms with Crippen LogP contribution in [0.2, 0.25) is 0 Å². The van der Waals surface area contributed by atoms with Gasteiger partial charge in [0.15, 0.2) is 0 Å². The number of nitrogens with zero attached hydrogens (tertiary/aromatic N) is 1. The second-order valence-corrected chi connectivity index (χ2v) is 7.86. The Hall–Kier alpha value is -3.28. The molecular formula is C24H28N2O4. The Morgan fingerprint density at radius 2 is 1.67 bits per heavy atom. The van der Waals surface area contributed by atoms with Crippen LogP contribution in [0.5, 0.6) is 11.5 Å². The molecule has 2 aromatic carbocycles. The van der Waals surface area contributed by atoms with Crippen LogP contribution in [-0.2, 0) is 9.59 Å². The number of amides is 2. The van der Waals surface area contributed by atoms with E-state index in [9.17, 15) is 9.59 Å². The second kappa shape index (κ2) is 8.61. The normalized spacial score (nSPS) is 14.0. The molecule has 30 heavy (non-hydrogen) atoms. The fraction of sp³-hybridized carbons (Fsp3) is 0.333. The van der Waals surface area contributed by atoms with Crippen LogP contribution in [-0.4, -0.2) is 37.5 Å². The van der Waals surface area contributed by atoms with Crippen LogP contribution in [0.15, 0.2) is 42.1 Å². The quantitative estimate of drug-likeness (QED) is 0.697. The van der Waals surface area contributed by atoms with Gasteiger partial charge in [-0.1, -0.05) is 32.0 Å². The number of carbonyl (C=O) groups is 2. The molecule has 6 heteroatoms. The Bertz CT molecular complexity index is 1020. The number of rotatable bonds is 7. The van der Waals surface area contributed by atoms with Crippen LogP contribution >= 0.6 is 0 Å². The van der Waals surface area contributed by atoms with Crippen molar-refractivity contribution in [2.45, 2.75) is 27.7 Å². The number of hydrogen-bond acceptors (Lipinski definition) is 5. The molecule has 6 nitrogen and oxygen atoms in total. The summed E-state index contributed by atoms with van der Waals surface area (Å²) in [5.41, 5.74) is 4.07. The highest BCUT2D eigenvalue weighted by Gasteiger charge is 2.39. The second-order valence-electron chi connectivity index (χ2n) is 7.86. The van der Waals surface area contributed by atoms with Gasteiger partial charge in [0.25, 0.3) is 11.8 Å². The summed E-state index contributed by atoms with van der Waals surface area (Å²) in [6, 6.07) is 11.1. The van der Waals surface area contributed by atoms with Crippen molar-refractivity contribution in [3.63, 3.8) is 0 Å². The van der Waals surface area contributed by atoms with Crippen LogP contribution in [0.1, 0.15) is 30.5 Å². The fourth-order valence-corrected chi connectivity index (χ4v) is 3.43. The van der Waals surface area contributed by atoms with E-state index in [1.165, 1.54) is 4.90 Å². The molecule has 0 atom stereocenters. The number of hydrogen-bond donors (Lipinski definition) is 1. The molecule has 2 aromatic rings. The van der Waals surface area contributed by atoms with Crippen molar-refractivity contribution in [2.24, 2.45) is 5.92 Å². The maximum absolute atomic E-state index is 13.3. The molecule has 0 aromatic heterocycles. The third-order valence-electron chi connectivity index (χ3n) is 5.18. The lowest BCUT2D eigenvalue weighted by atomic mass is 9.99. The van der Waals surface area contributed by atoms with Crippen LogP contribution < -0.4 is 14.8 Å². The molecule has 0 fully saturated rings.